The van der Waals surface area contributed by atoms with Gasteiger partial charge >= 0.3 is 5.95 Å². The van der Waals surface area contributed by atoms with Crippen LogP contribution in [0.4, 0.5) is 5.95 Å². The molecule has 0 atom stereocenters. The molecule has 236 valence electrons. The predicted molar refractivity (Wildman–Crippen MR) is 164 cm³/mol. The minimum absolute atomic E-state index is 0.00000840. The Morgan fingerprint density at radius 2 is 1.36 bits per heavy atom. The first-order valence-corrected chi connectivity index (χ1v) is 17.7. The van der Waals surface area contributed by atoms with Crippen LogP contribution in [0.15, 0.2) is 45.4 Å². The van der Waals surface area contributed by atoms with E-state index in [0.29, 0.717) is 6.54 Å². The van der Waals surface area contributed by atoms with Crippen molar-refractivity contribution in [2.75, 3.05) is 13.6 Å². The van der Waals surface area contributed by atoms with Crippen molar-refractivity contribution in [2.45, 2.75) is 107 Å². The van der Waals surface area contributed by atoms with E-state index < -0.39 is 30.9 Å². The van der Waals surface area contributed by atoms with Gasteiger partial charge in [0.2, 0.25) is 10.0 Å². The minimum atomic E-state index is -4.09. The number of hydrazone groups is 1. The first kappa shape index (κ1) is 35.4. The van der Waals surface area contributed by atoms with Crippen molar-refractivity contribution in [3.63, 3.8) is 0 Å². The van der Waals surface area contributed by atoms with Gasteiger partial charge in [-0.15, -0.1) is 0 Å². The largest absolute Gasteiger partial charge is 0.434 e. The molecule has 1 heterocycles. The molecule has 0 aliphatic carbocycles. The fourth-order valence-electron chi connectivity index (χ4n) is 4.54. The van der Waals surface area contributed by atoms with Crippen molar-refractivity contribution in [3.8, 4) is 0 Å². The summed E-state index contributed by atoms with van der Waals surface area (Å²) < 4.78 is 53.5. The average Bonchev–Trinajstić information content (AvgIpc) is 3.33. The van der Waals surface area contributed by atoms with Crippen molar-refractivity contribution in [1.82, 2.24) is 18.7 Å². The Kier molecular flexibility index (Phi) is 15.1. The molecule has 0 saturated heterocycles. The lowest BCUT2D eigenvalue weighted by Crippen LogP contribution is -2.28. The van der Waals surface area contributed by atoms with Crippen LogP contribution in [0.25, 0.3) is 0 Å². The molecule has 0 saturated carbocycles. The highest BCUT2D eigenvalue weighted by atomic mass is 32.2. The molecule has 14 heteroatoms. The van der Waals surface area contributed by atoms with Gasteiger partial charge in [0.15, 0.2) is 5.69 Å². The summed E-state index contributed by atoms with van der Waals surface area (Å²) in [5.74, 6) is -0.412. The number of unbranched alkanes of at least 4 members (excludes halogenated alkanes) is 13. The zero-order chi connectivity index (χ0) is 31.0. The number of aromatic nitrogens is 2. The van der Waals surface area contributed by atoms with Gasteiger partial charge in [-0.2, -0.15) is 18.4 Å². The van der Waals surface area contributed by atoms with E-state index in [2.05, 4.69) is 17.0 Å². The smallest absolute Gasteiger partial charge is 0.390 e. The number of nitrogens with zero attached hydrogens (tertiary/aromatic N) is 5. The molecule has 0 radical (unpaired) electrons. The lowest BCUT2D eigenvalue weighted by atomic mass is 10.0. The number of benzene rings is 1. The number of imidazole rings is 1. The third-order valence-corrected chi connectivity index (χ3v) is 10.3. The van der Waals surface area contributed by atoms with Crippen molar-refractivity contribution in [2.24, 2.45) is 12.1 Å². The zero-order valence-electron chi connectivity index (χ0n) is 25.1. The second-order valence-corrected chi connectivity index (χ2v) is 14.3. The van der Waals surface area contributed by atoms with E-state index in [-0.39, 0.29) is 15.5 Å². The van der Waals surface area contributed by atoms with Crippen LogP contribution in [0.5, 0.6) is 0 Å². The third-order valence-electron chi connectivity index (χ3n) is 7.20. The Labute approximate surface area is 250 Å². The molecule has 0 bridgehead atoms. The molecule has 1 N–H and O–H groups in total. The SMILES string of the molecule is CCCCCCCCCCCCCCCCN(C)S(=O)(=O)c1ccc(S(=O)(=O)NN=Cc2cnc([N+](=O)[O-])n2C)cc1. The van der Waals surface area contributed by atoms with Crippen molar-refractivity contribution >= 4 is 32.2 Å². The summed E-state index contributed by atoms with van der Waals surface area (Å²) in [6, 6.07) is 4.89. The molecule has 2 rings (SSSR count). The monoisotopic (exact) mass is 626 g/mol. The standard InChI is InChI=1S/C28H46N6O6S2/c1-4-5-6-7-8-9-10-11-12-13-14-15-16-17-22-32(2)42(39,40)27-20-18-26(19-21-27)41(37,38)31-30-24-25-23-29-28(33(25)3)34(35)36/h18-21,23-24,31H,4-17,22H2,1-3H3. The first-order valence-electron chi connectivity index (χ1n) is 14.8. The van der Waals surface area contributed by atoms with E-state index in [1.807, 2.05) is 4.83 Å². The lowest BCUT2D eigenvalue weighted by Gasteiger charge is -2.17. The summed E-state index contributed by atoms with van der Waals surface area (Å²) in [7, 11) is -4.92. The molecule has 0 aliphatic heterocycles. The molecule has 42 heavy (non-hydrogen) atoms. The van der Waals surface area contributed by atoms with Crippen LogP contribution in [0.2, 0.25) is 0 Å². The number of rotatable bonds is 22. The Morgan fingerprint density at radius 3 is 1.83 bits per heavy atom. The summed E-state index contributed by atoms with van der Waals surface area (Å²) in [5.41, 5.74) is 0.215. The highest BCUT2D eigenvalue weighted by molar-refractivity contribution is 7.89. The molecule has 1 aromatic heterocycles. The van der Waals surface area contributed by atoms with Crippen LogP contribution >= 0.6 is 0 Å². The average molecular weight is 627 g/mol. The number of hydrogen-bond acceptors (Lipinski definition) is 8. The highest BCUT2D eigenvalue weighted by Gasteiger charge is 2.22. The van der Waals surface area contributed by atoms with Gasteiger partial charge in [-0.25, -0.2) is 17.3 Å². The zero-order valence-corrected chi connectivity index (χ0v) is 26.7. The quantitative estimate of drug-likeness (QED) is 0.0755. The molecule has 0 aliphatic rings. The molecule has 12 nitrogen and oxygen atoms in total. The van der Waals surface area contributed by atoms with E-state index in [0.717, 1.165) is 30.0 Å². The van der Waals surface area contributed by atoms with E-state index >= 15 is 0 Å². The van der Waals surface area contributed by atoms with Gasteiger partial charge in [0.25, 0.3) is 10.0 Å². The second kappa shape index (κ2) is 18.0. The summed E-state index contributed by atoms with van der Waals surface area (Å²) in [6.45, 7) is 2.63. The van der Waals surface area contributed by atoms with Gasteiger partial charge in [0, 0.05) is 13.6 Å². The molecular formula is C28H46N6O6S2. The maximum atomic E-state index is 12.9. The van der Waals surface area contributed by atoms with Gasteiger partial charge in [-0.05, 0) is 35.6 Å². The van der Waals surface area contributed by atoms with E-state index in [1.165, 1.54) is 119 Å². The van der Waals surface area contributed by atoms with Crippen LogP contribution in [0.1, 0.15) is 103 Å². The van der Waals surface area contributed by atoms with E-state index in [9.17, 15) is 26.9 Å². The molecular weight excluding hydrogens is 580 g/mol. The summed E-state index contributed by atoms with van der Waals surface area (Å²) in [5, 5.41) is 14.5. The number of sulfonamides is 2. The van der Waals surface area contributed by atoms with Crippen molar-refractivity contribution in [1.29, 1.82) is 0 Å². The van der Waals surface area contributed by atoms with Gasteiger partial charge < -0.3 is 10.1 Å². The summed E-state index contributed by atoms with van der Waals surface area (Å²) in [6.07, 6.45) is 19.5. The Balaban J connectivity index is 1.72. The minimum Gasteiger partial charge on any atom is -0.390 e. The van der Waals surface area contributed by atoms with E-state index in [4.69, 9.17) is 0 Å². The summed E-state index contributed by atoms with van der Waals surface area (Å²) in [4.78, 5) is 15.7. The van der Waals surface area contributed by atoms with E-state index in [1.54, 1.807) is 0 Å². The van der Waals surface area contributed by atoms with Crippen LogP contribution in [0, 0.1) is 10.1 Å². The maximum Gasteiger partial charge on any atom is 0.434 e. The van der Waals surface area contributed by atoms with Crippen LogP contribution in [0.3, 0.4) is 0 Å². The Morgan fingerprint density at radius 1 is 0.881 bits per heavy atom. The molecule has 2 aromatic rings. The van der Waals surface area contributed by atoms with Gasteiger partial charge in [0.1, 0.15) is 6.20 Å². The predicted octanol–water partition coefficient (Wildman–Crippen LogP) is 5.74. The molecule has 0 amide bonds. The first-order chi connectivity index (χ1) is 20.0. The summed E-state index contributed by atoms with van der Waals surface area (Å²) >= 11 is 0. The molecule has 0 spiro atoms. The second-order valence-electron chi connectivity index (χ2n) is 10.5. The fourth-order valence-corrected chi connectivity index (χ4v) is 6.54. The number of nitrogens with one attached hydrogen (secondary N) is 1. The van der Waals surface area contributed by atoms with Crippen LogP contribution in [-0.4, -0.2) is 55.4 Å². The van der Waals surface area contributed by atoms with Gasteiger partial charge in [-0.1, -0.05) is 95.4 Å². The highest BCUT2D eigenvalue weighted by Crippen LogP contribution is 2.19. The van der Waals surface area contributed by atoms with Crippen molar-refractivity contribution < 1.29 is 21.8 Å². The fraction of sp³-hybridized carbons (Fsp3) is 0.643. The molecule has 0 fully saturated rings. The van der Waals surface area contributed by atoms with Crippen LogP contribution < -0.4 is 4.83 Å². The third kappa shape index (κ3) is 11.4. The lowest BCUT2D eigenvalue weighted by molar-refractivity contribution is -0.396. The van der Waals surface area contributed by atoms with Gasteiger partial charge in [-0.3, -0.25) is 0 Å². The Hall–Kier alpha value is -2.84. The van der Waals surface area contributed by atoms with Gasteiger partial charge in [0.05, 0.1) is 23.1 Å². The Bertz CT molecular complexity index is 1340. The molecule has 0 unspecified atom stereocenters. The maximum absolute atomic E-state index is 12.9. The normalized spacial score (nSPS) is 12.4. The topological polar surface area (TPSA) is 157 Å². The molecule has 1 aromatic carbocycles. The van der Waals surface area contributed by atoms with Crippen molar-refractivity contribution in [3.05, 3.63) is 46.3 Å². The number of hydrogen-bond donors (Lipinski definition) is 1. The number of nitro groups is 1. The van der Waals surface area contributed by atoms with Crippen LogP contribution in [-0.2, 0) is 27.1 Å².